The third kappa shape index (κ3) is 8.02. The summed E-state index contributed by atoms with van der Waals surface area (Å²) < 4.78 is 11.6. The van der Waals surface area contributed by atoms with Crippen molar-refractivity contribution in [2.45, 2.75) is 78.4 Å². The van der Waals surface area contributed by atoms with Gasteiger partial charge in [0.2, 0.25) is 0 Å². The highest BCUT2D eigenvalue weighted by molar-refractivity contribution is 6.71. The maximum absolute atomic E-state index is 12.6. The van der Waals surface area contributed by atoms with E-state index < -0.39 is 38.1 Å². The average Bonchev–Trinajstić information content (AvgIpc) is 2.40. The number of carbonyl (C=O) groups excluding carboxylic acids is 1. The average molecular weight is 402 g/mol. The molecule has 0 fully saturated rings. The van der Waals surface area contributed by atoms with E-state index in [1.54, 1.807) is 20.8 Å². The Hall–Kier alpha value is -1.38. The smallest absolute Gasteiger partial charge is 0.410 e. The van der Waals surface area contributed by atoms with Gasteiger partial charge in [-0.25, -0.2) is 9.59 Å². The minimum absolute atomic E-state index is 0.112. The van der Waals surface area contributed by atoms with Crippen LogP contribution in [0.4, 0.5) is 4.79 Å². The Morgan fingerprint density at radius 3 is 2.22 bits per heavy atom. The quantitative estimate of drug-likeness (QED) is 0.687. The second-order valence-corrected chi connectivity index (χ2v) is 14.1. The van der Waals surface area contributed by atoms with E-state index in [0.717, 1.165) is 6.04 Å². The fraction of sp³-hybridized carbons (Fsp3) is 0.789. The molecule has 0 aromatic rings. The minimum atomic E-state index is -2.02. The number of aliphatic hydroxyl groups excluding tert-OH is 1. The summed E-state index contributed by atoms with van der Waals surface area (Å²) in [4.78, 5) is 25.3. The van der Waals surface area contributed by atoms with Gasteiger partial charge in [0.05, 0.1) is 24.8 Å². The maximum atomic E-state index is 12.6. The predicted octanol–water partition coefficient (Wildman–Crippen LogP) is 3.25. The van der Waals surface area contributed by atoms with Gasteiger partial charge < -0.3 is 19.4 Å². The van der Waals surface area contributed by atoms with Crippen molar-refractivity contribution < 1.29 is 29.0 Å². The van der Waals surface area contributed by atoms with Crippen LogP contribution in [0, 0.1) is 5.41 Å². The van der Waals surface area contributed by atoms with Crippen LogP contribution in [0.2, 0.25) is 19.1 Å². The van der Waals surface area contributed by atoms with Crippen LogP contribution in [-0.4, -0.2) is 66.4 Å². The molecule has 27 heavy (non-hydrogen) atoms. The Kier molecular flexibility index (Phi) is 7.29. The summed E-state index contributed by atoms with van der Waals surface area (Å²) in [6.45, 7) is 16.0. The van der Waals surface area contributed by atoms with Crippen LogP contribution in [0.15, 0.2) is 11.6 Å². The van der Waals surface area contributed by atoms with Crippen LogP contribution in [-0.2, 0) is 14.0 Å². The highest BCUT2D eigenvalue weighted by Crippen LogP contribution is 2.29. The summed E-state index contributed by atoms with van der Waals surface area (Å²) in [5.74, 6) is -1.19. The first-order valence-corrected chi connectivity index (χ1v) is 12.4. The Morgan fingerprint density at radius 1 is 1.22 bits per heavy atom. The summed E-state index contributed by atoms with van der Waals surface area (Å²) in [6.07, 6.45) is -0.445. The molecular weight excluding hydrogens is 366 g/mol. The number of carbonyl (C=O) groups is 2. The molecule has 1 aliphatic rings. The van der Waals surface area contributed by atoms with Gasteiger partial charge in [0.15, 0.2) is 8.32 Å². The maximum Gasteiger partial charge on any atom is 0.410 e. The number of hydrogen-bond donors (Lipinski definition) is 2. The van der Waals surface area contributed by atoms with Crippen LogP contribution in [0.1, 0.15) is 41.5 Å². The van der Waals surface area contributed by atoms with Gasteiger partial charge in [-0.05, 0) is 51.4 Å². The standard InChI is InChI=1S/C19H35NO6Si/c1-18(2,3)12-27(7,8)25-11-13-9-14(16(22)23)15(21)10-20(13)17(24)26-19(4,5)6/h9,13,15,21H,10-12H2,1-8H3,(H,22,23)/t13-,15+/m0/s1. The molecule has 0 radical (unpaired) electrons. The predicted molar refractivity (Wildman–Crippen MR) is 106 cm³/mol. The molecular formula is C19H35NO6Si. The van der Waals surface area contributed by atoms with Crippen molar-refractivity contribution in [3.63, 3.8) is 0 Å². The molecule has 8 heteroatoms. The summed E-state index contributed by atoms with van der Waals surface area (Å²) in [5, 5.41) is 19.4. The second kappa shape index (κ2) is 8.32. The van der Waals surface area contributed by atoms with Crippen molar-refractivity contribution in [3.8, 4) is 0 Å². The number of carboxylic acids is 1. The normalized spacial score (nSPS) is 21.7. The molecule has 0 bridgehead atoms. The van der Waals surface area contributed by atoms with E-state index in [1.165, 1.54) is 11.0 Å². The topological polar surface area (TPSA) is 96.3 Å². The van der Waals surface area contributed by atoms with E-state index in [1.807, 2.05) is 0 Å². The van der Waals surface area contributed by atoms with E-state index in [-0.39, 0.29) is 24.1 Å². The lowest BCUT2D eigenvalue weighted by atomic mass is 10.0. The van der Waals surface area contributed by atoms with Gasteiger partial charge >= 0.3 is 12.1 Å². The molecule has 1 amide bonds. The molecule has 156 valence electrons. The molecule has 1 rings (SSSR count). The first-order valence-electron chi connectivity index (χ1n) is 9.27. The van der Waals surface area contributed by atoms with Crippen LogP contribution in [0.3, 0.4) is 0 Å². The van der Waals surface area contributed by atoms with Crippen molar-refractivity contribution in [2.24, 2.45) is 5.41 Å². The van der Waals surface area contributed by atoms with Gasteiger partial charge in [-0.15, -0.1) is 0 Å². The van der Waals surface area contributed by atoms with Crippen LogP contribution in [0.25, 0.3) is 0 Å². The Morgan fingerprint density at radius 2 is 1.78 bits per heavy atom. The first-order chi connectivity index (χ1) is 12.0. The van der Waals surface area contributed by atoms with E-state index >= 15 is 0 Å². The molecule has 0 aromatic heterocycles. The van der Waals surface area contributed by atoms with Crippen molar-refractivity contribution in [1.29, 1.82) is 0 Å². The van der Waals surface area contributed by atoms with Gasteiger partial charge in [0, 0.05) is 0 Å². The number of amides is 1. The monoisotopic (exact) mass is 401 g/mol. The number of β-amino-alcohol motifs (C(OH)–C–C–N with tert-alkyl or cyclic N) is 1. The fourth-order valence-electron chi connectivity index (χ4n) is 3.35. The Bertz CT molecular complexity index is 588. The van der Waals surface area contributed by atoms with Crippen molar-refractivity contribution in [1.82, 2.24) is 4.90 Å². The number of hydrogen-bond acceptors (Lipinski definition) is 5. The molecule has 0 saturated heterocycles. The SMILES string of the molecule is CC(C)(C)C[Si](C)(C)OC[C@@H]1C=C(C(=O)O)[C@H](O)CN1C(=O)OC(C)(C)C. The highest BCUT2D eigenvalue weighted by Gasteiger charge is 2.38. The Labute approximate surface area is 163 Å². The van der Waals surface area contributed by atoms with Crippen molar-refractivity contribution in [3.05, 3.63) is 11.6 Å². The number of nitrogens with zero attached hydrogens (tertiary/aromatic N) is 1. The molecule has 1 aliphatic heterocycles. The van der Waals surface area contributed by atoms with E-state index in [9.17, 15) is 19.8 Å². The van der Waals surface area contributed by atoms with Gasteiger partial charge in [0.1, 0.15) is 11.7 Å². The number of aliphatic hydroxyl groups is 1. The summed E-state index contributed by atoms with van der Waals surface area (Å²) in [6, 6.07) is 0.332. The lowest BCUT2D eigenvalue weighted by molar-refractivity contribution is -0.134. The number of ether oxygens (including phenoxy) is 1. The molecule has 0 aromatic carbocycles. The molecule has 0 unspecified atom stereocenters. The molecule has 0 aliphatic carbocycles. The third-order valence-electron chi connectivity index (χ3n) is 3.98. The summed E-state index contributed by atoms with van der Waals surface area (Å²) in [7, 11) is -2.02. The molecule has 2 atom stereocenters. The largest absolute Gasteiger partial charge is 0.478 e. The zero-order valence-corrected chi connectivity index (χ0v) is 18.8. The highest BCUT2D eigenvalue weighted by atomic mass is 28.4. The lowest BCUT2D eigenvalue weighted by Crippen LogP contribution is -2.53. The first kappa shape index (κ1) is 23.7. The van der Waals surface area contributed by atoms with Gasteiger partial charge in [-0.1, -0.05) is 20.8 Å². The van der Waals surface area contributed by atoms with E-state index in [2.05, 4.69) is 33.9 Å². The Balaban J connectivity index is 3.02. The van der Waals surface area contributed by atoms with Crippen LogP contribution < -0.4 is 0 Å². The summed E-state index contributed by atoms with van der Waals surface area (Å²) >= 11 is 0. The molecule has 2 N–H and O–H groups in total. The fourth-order valence-corrected chi connectivity index (χ4v) is 6.63. The zero-order chi connectivity index (χ0) is 21.2. The minimum Gasteiger partial charge on any atom is -0.478 e. The van der Waals surface area contributed by atoms with E-state index in [4.69, 9.17) is 9.16 Å². The van der Waals surface area contributed by atoms with Gasteiger partial charge in [-0.2, -0.15) is 0 Å². The van der Waals surface area contributed by atoms with Crippen LogP contribution >= 0.6 is 0 Å². The number of aliphatic carboxylic acids is 1. The van der Waals surface area contributed by atoms with E-state index in [0.29, 0.717) is 0 Å². The zero-order valence-electron chi connectivity index (χ0n) is 17.8. The molecule has 0 spiro atoms. The summed E-state index contributed by atoms with van der Waals surface area (Å²) in [5.41, 5.74) is -0.686. The molecule has 0 saturated carbocycles. The third-order valence-corrected chi connectivity index (χ3v) is 6.84. The molecule has 7 nitrogen and oxygen atoms in total. The van der Waals surface area contributed by atoms with Gasteiger partial charge in [0.25, 0.3) is 0 Å². The molecule has 1 heterocycles. The van der Waals surface area contributed by atoms with Crippen molar-refractivity contribution >= 4 is 20.4 Å². The second-order valence-electron chi connectivity index (χ2n) is 9.95. The van der Waals surface area contributed by atoms with Crippen molar-refractivity contribution in [2.75, 3.05) is 13.2 Å². The number of carboxylic acid groups (broad SMARTS) is 1. The number of rotatable bonds is 5. The van der Waals surface area contributed by atoms with Gasteiger partial charge in [-0.3, -0.25) is 4.90 Å². The van der Waals surface area contributed by atoms with Crippen LogP contribution in [0.5, 0.6) is 0 Å². The lowest BCUT2D eigenvalue weighted by Gasteiger charge is -2.39.